The minimum Gasteiger partial charge on any atom is -0.335 e. The number of hydrogen-bond donors (Lipinski definition) is 2. The van der Waals surface area contributed by atoms with Gasteiger partial charge in [0, 0.05) is 17.7 Å². The van der Waals surface area contributed by atoms with E-state index in [4.69, 9.17) is 12.2 Å². The number of aromatic amines is 2. The molecule has 1 heterocycles. The Balaban J connectivity index is 1.58. The van der Waals surface area contributed by atoms with E-state index in [2.05, 4.69) is 34.3 Å². The van der Waals surface area contributed by atoms with Crippen molar-refractivity contribution in [1.82, 2.24) is 9.97 Å². The van der Waals surface area contributed by atoms with Crippen LogP contribution in [-0.4, -0.2) is 9.97 Å². The molecule has 1 aromatic heterocycles. The molecule has 4 rings (SSSR count). The van der Waals surface area contributed by atoms with Crippen LogP contribution in [0.15, 0.2) is 47.3 Å². The van der Waals surface area contributed by atoms with Gasteiger partial charge in [0.05, 0.1) is 0 Å². The Morgan fingerprint density at radius 3 is 2.59 bits per heavy atom. The summed E-state index contributed by atoms with van der Waals surface area (Å²) in [4.78, 5) is 18.4. The lowest BCUT2D eigenvalue weighted by molar-refractivity contribution is 0.262. The van der Waals surface area contributed by atoms with Crippen LogP contribution >= 0.6 is 12.2 Å². The van der Waals surface area contributed by atoms with E-state index in [1.807, 2.05) is 0 Å². The van der Waals surface area contributed by atoms with Gasteiger partial charge in [0.25, 0.3) is 5.56 Å². The predicted molar refractivity (Wildman–Crippen MR) is 112 cm³/mol. The highest BCUT2D eigenvalue weighted by molar-refractivity contribution is 7.71. The Bertz CT molecular complexity index is 1060. The Labute approximate surface area is 173 Å². The number of benzene rings is 1. The van der Waals surface area contributed by atoms with Gasteiger partial charge in [0.1, 0.15) is 0 Å². The molecule has 0 saturated heterocycles. The molecule has 0 spiro atoms. The fraction of sp³-hybridized carbons (Fsp3) is 0.391. The van der Waals surface area contributed by atoms with Crippen LogP contribution in [0.25, 0.3) is 0 Å². The van der Waals surface area contributed by atoms with Crippen LogP contribution in [0.5, 0.6) is 0 Å². The van der Waals surface area contributed by atoms with Crippen LogP contribution in [0.4, 0.5) is 8.78 Å². The topological polar surface area (TPSA) is 48.6 Å². The second kappa shape index (κ2) is 8.57. The first-order valence-electron chi connectivity index (χ1n) is 10.1. The van der Waals surface area contributed by atoms with Crippen LogP contribution in [0.2, 0.25) is 0 Å². The molecule has 2 N–H and O–H groups in total. The summed E-state index contributed by atoms with van der Waals surface area (Å²) in [5.41, 5.74) is 1.08. The second-order valence-electron chi connectivity index (χ2n) is 8.01. The van der Waals surface area contributed by atoms with Crippen LogP contribution < -0.4 is 5.56 Å². The van der Waals surface area contributed by atoms with Crippen LogP contribution in [0, 0.1) is 28.2 Å². The summed E-state index contributed by atoms with van der Waals surface area (Å²) < 4.78 is 28.1. The first-order valence-corrected chi connectivity index (χ1v) is 10.6. The minimum absolute atomic E-state index is 0.0382. The molecule has 1 fully saturated rings. The molecular formula is C23H24F2N2OS. The molecule has 0 radical (unpaired) electrons. The van der Waals surface area contributed by atoms with Crippen LogP contribution in [-0.2, 0) is 6.42 Å². The zero-order valence-corrected chi connectivity index (χ0v) is 16.9. The van der Waals surface area contributed by atoms with Crippen LogP contribution in [0.3, 0.4) is 0 Å². The molecule has 1 saturated carbocycles. The molecule has 152 valence electrons. The number of aromatic nitrogens is 2. The molecule has 6 heteroatoms. The van der Waals surface area contributed by atoms with Crippen LogP contribution in [0.1, 0.15) is 54.8 Å². The average molecular weight is 415 g/mol. The smallest absolute Gasteiger partial charge is 0.255 e. The normalized spacial score (nSPS) is 24.0. The standard InChI is InChI=1S/C23H24F2N2OS/c24-19-8-4-7-17(20(19)25)13-18-21(26-23(29)27-22(18)28)16-11-9-15(10-12-16)14-5-2-1-3-6-14/h1-5,7-8,14-16H,6,9-13H2,(H2,26,27,28,29)/t14?,15-,16-. The molecule has 0 aliphatic heterocycles. The summed E-state index contributed by atoms with van der Waals surface area (Å²) in [7, 11) is 0. The Morgan fingerprint density at radius 2 is 1.86 bits per heavy atom. The Morgan fingerprint density at radius 1 is 1.07 bits per heavy atom. The number of rotatable bonds is 4. The summed E-state index contributed by atoms with van der Waals surface area (Å²) in [5.74, 6) is -0.411. The number of H-pyrrole nitrogens is 2. The van der Waals surface area contributed by atoms with E-state index in [9.17, 15) is 13.6 Å². The molecule has 3 nitrogen and oxygen atoms in total. The lowest BCUT2D eigenvalue weighted by Gasteiger charge is -2.33. The van der Waals surface area contributed by atoms with Crippen molar-refractivity contribution < 1.29 is 8.78 Å². The van der Waals surface area contributed by atoms with E-state index in [0.717, 1.165) is 43.9 Å². The van der Waals surface area contributed by atoms with Crippen molar-refractivity contribution in [1.29, 1.82) is 0 Å². The second-order valence-corrected chi connectivity index (χ2v) is 8.42. The van der Waals surface area contributed by atoms with Gasteiger partial charge in [0.15, 0.2) is 16.4 Å². The quantitative estimate of drug-likeness (QED) is 0.630. The van der Waals surface area contributed by atoms with Gasteiger partial charge in [0.2, 0.25) is 0 Å². The third-order valence-electron chi connectivity index (χ3n) is 6.27. The average Bonchev–Trinajstić information content (AvgIpc) is 2.73. The third kappa shape index (κ3) is 4.32. The highest BCUT2D eigenvalue weighted by Gasteiger charge is 2.29. The molecule has 0 amide bonds. The van der Waals surface area contributed by atoms with Crippen molar-refractivity contribution in [3.05, 3.63) is 86.1 Å². The highest BCUT2D eigenvalue weighted by Crippen LogP contribution is 2.40. The molecular weight excluding hydrogens is 390 g/mol. The maximum Gasteiger partial charge on any atom is 0.255 e. The fourth-order valence-electron chi connectivity index (χ4n) is 4.71. The van der Waals surface area contributed by atoms with E-state index in [0.29, 0.717) is 17.4 Å². The zero-order valence-electron chi connectivity index (χ0n) is 16.1. The van der Waals surface area contributed by atoms with Gasteiger partial charge >= 0.3 is 0 Å². The van der Waals surface area contributed by atoms with Crippen molar-refractivity contribution in [3.63, 3.8) is 0 Å². The molecule has 29 heavy (non-hydrogen) atoms. The maximum absolute atomic E-state index is 14.2. The van der Waals surface area contributed by atoms with E-state index in [1.165, 1.54) is 12.1 Å². The molecule has 1 atom stereocenters. The zero-order chi connectivity index (χ0) is 20.4. The van der Waals surface area contributed by atoms with E-state index in [-0.39, 0.29) is 28.2 Å². The molecule has 2 aliphatic carbocycles. The fourth-order valence-corrected chi connectivity index (χ4v) is 4.92. The number of hydrogen-bond acceptors (Lipinski definition) is 2. The van der Waals surface area contributed by atoms with Crippen molar-refractivity contribution in [2.45, 2.75) is 44.4 Å². The van der Waals surface area contributed by atoms with Gasteiger partial charge in [-0.15, -0.1) is 0 Å². The monoisotopic (exact) mass is 414 g/mol. The summed E-state index contributed by atoms with van der Waals surface area (Å²) in [6.45, 7) is 0. The molecule has 1 aromatic carbocycles. The largest absolute Gasteiger partial charge is 0.335 e. The first kappa shape index (κ1) is 20.0. The number of nitrogens with one attached hydrogen (secondary N) is 2. The lowest BCUT2D eigenvalue weighted by atomic mass is 9.72. The van der Waals surface area contributed by atoms with Gasteiger partial charge in [-0.3, -0.25) is 9.78 Å². The maximum atomic E-state index is 14.2. The van der Waals surface area contributed by atoms with E-state index in [1.54, 1.807) is 0 Å². The van der Waals surface area contributed by atoms with Gasteiger partial charge in [-0.1, -0.05) is 36.4 Å². The van der Waals surface area contributed by atoms with E-state index < -0.39 is 11.6 Å². The van der Waals surface area contributed by atoms with Crippen molar-refractivity contribution in [2.75, 3.05) is 0 Å². The molecule has 2 aliphatic rings. The molecule has 1 unspecified atom stereocenters. The first-order chi connectivity index (χ1) is 14.0. The lowest BCUT2D eigenvalue weighted by Crippen LogP contribution is -2.25. The van der Waals surface area contributed by atoms with Gasteiger partial charge in [-0.25, -0.2) is 8.78 Å². The van der Waals surface area contributed by atoms with Crippen molar-refractivity contribution in [3.8, 4) is 0 Å². The number of allylic oxidation sites excluding steroid dienone is 4. The Kier molecular flexibility index (Phi) is 5.90. The number of halogens is 2. The SMILES string of the molecule is O=c1[nH]c(=S)[nH]c([C@H]2CC[C@H](C3C=CC=CC3)CC2)c1Cc1cccc(F)c1F. The summed E-state index contributed by atoms with van der Waals surface area (Å²) in [6, 6.07) is 4.06. The van der Waals surface area contributed by atoms with Crippen molar-refractivity contribution in [2.24, 2.45) is 11.8 Å². The molecule has 2 aromatic rings. The molecule has 0 bridgehead atoms. The van der Waals surface area contributed by atoms with E-state index >= 15 is 0 Å². The van der Waals surface area contributed by atoms with Crippen molar-refractivity contribution >= 4 is 12.2 Å². The summed E-state index contributed by atoms with van der Waals surface area (Å²) in [5, 5.41) is 0. The summed E-state index contributed by atoms with van der Waals surface area (Å²) >= 11 is 5.19. The highest BCUT2D eigenvalue weighted by atomic mass is 32.1. The van der Waals surface area contributed by atoms with Gasteiger partial charge in [-0.2, -0.15) is 0 Å². The third-order valence-corrected chi connectivity index (χ3v) is 6.48. The summed E-state index contributed by atoms with van der Waals surface area (Å²) in [6.07, 6.45) is 13.9. The van der Waals surface area contributed by atoms with Gasteiger partial charge in [-0.05, 0) is 73.7 Å². The predicted octanol–water partition coefficient (Wildman–Crippen LogP) is 5.71. The Hall–Kier alpha value is -2.34. The van der Waals surface area contributed by atoms with Gasteiger partial charge < -0.3 is 4.98 Å². The minimum atomic E-state index is -0.903.